The molecule has 29 heavy (non-hydrogen) atoms. The number of fused-ring (bicyclic) bond motifs is 1. The second-order valence-electron chi connectivity index (χ2n) is 6.63. The zero-order chi connectivity index (χ0) is 20.6. The van der Waals surface area contributed by atoms with Gasteiger partial charge in [0, 0.05) is 11.5 Å². The van der Waals surface area contributed by atoms with Gasteiger partial charge >= 0.3 is 0 Å². The topological polar surface area (TPSA) is 75.0 Å². The van der Waals surface area contributed by atoms with Crippen LogP contribution in [0.2, 0.25) is 0 Å². The fraction of sp³-hybridized carbons (Fsp3) is 0.409. The van der Waals surface area contributed by atoms with E-state index in [0.717, 1.165) is 54.9 Å². The van der Waals surface area contributed by atoms with Crippen LogP contribution in [-0.2, 0) is 12.8 Å². The van der Waals surface area contributed by atoms with Crippen molar-refractivity contribution in [2.24, 2.45) is 0 Å². The van der Waals surface area contributed by atoms with E-state index in [4.69, 9.17) is 23.5 Å². The number of benzene rings is 2. The molecular formula is C22H28N2O5. The molecule has 0 atom stereocenters. The number of aryl methyl sites for hydroxylation is 1. The van der Waals surface area contributed by atoms with Crippen LogP contribution in [0.25, 0.3) is 11.0 Å². The first-order valence-electron chi connectivity index (χ1n) is 9.62. The van der Waals surface area contributed by atoms with Gasteiger partial charge in [-0.1, -0.05) is 11.2 Å². The largest absolute Gasteiger partial charge is 0.493 e. The second kappa shape index (κ2) is 10.0. The van der Waals surface area contributed by atoms with Gasteiger partial charge in [0.15, 0.2) is 28.6 Å². The lowest BCUT2D eigenvalue weighted by Crippen LogP contribution is -2.19. The Labute approximate surface area is 170 Å². The van der Waals surface area contributed by atoms with E-state index >= 15 is 0 Å². The minimum Gasteiger partial charge on any atom is -0.493 e. The minimum absolute atomic E-state index is 0.638. The molecule has 1 heterocycles. The molecule has 3 rings (SSSR count). The molecule has 7 heteroatoms. The number of ether oxygens (including phenoxy) is 4. The molecular weight excluding hydrogens is 372 g/mol. The lowest BCUT2D eigenvalue weighted by Gasteiger charge is -2.10. The summed E-state index contributed by atoms with van der Waals surface area (Å²) in [5, 5.41) is 8.65. The summed E-state index contributed by atoms with van der Waals surface area (Å²) >= 11 is 0. The van der Waals surface area contributed by atoms with Gasteiger partial charge in [-0.2, -0.15) is 0 Å². The highest BCUT2D eigenvalue weighted by Gasteiger charge is 2.13. The predicted molar refractivity (Wildman–Crippen MR) is 112 cm³/mol. The standard InChI is InChI=1S/C22H28N2O5/c1-25-18-8-7-15(12-20(18)26-2)9-11-23-10-5-6-17-16-13-21(27-3)22(28-4)14-19(16)29-24-17/h7-8,12-14,23H,5-6,9-11H2,1-4H3. The van der Waals surface area contributed by atoms with Gasteiger partial charge in [-0.25, -0.2) is 0 Å². The number of rotatable bonds is 11. The molecule has 3 aromatic rings. The highest BCUT2D eigenvalue weighted by atomic mass is 16.5. The lowest BCUT2D eigenvalue weighted by molar-refractivity contribution is 0.354. The van der Waals surface area contributed by atoms with Crippen LogP contribution in [0.1, 0.15) is 17.7 Å². The molecule has 0 unspecified atom stereocenters. The summed E-state index contributed by atoms with van der Waals surface area (Å²) in [7, 11) is 6.52. The fourth-order valence-electron chi connectivity index (χ4n) is 3.27. The molecule has 0 aliphatic heterocycles. The Bertz CT molecular complexity index is 938. The number of aromatic nitrogens is 1. The maximum absolute atomic E-state index is 5.44. The number of hydrogen-bond donors (Lipinski definition) is 1. The van der Waals surface area contributed by atoms with E-state index in [-0.39, 0.29) is 0 Å². The van der Waals surface area contributed by atoms with E-state index in [1.165, 1.54) is 5.56 Å². The van der Waals surface area contributed by atoms with Crippen molar-refractivity contribution in [2.75, 3.05) is 41.5 Å². The van der Waals surface area contributed by atoms with Gasteiger partial charge in [-0.15, -0.1) is 0 Å². The van der Waals surface area contributed by atoms with Gasteiger partial charge < -0.3 is 28.8 Å². The Morgan fingerprint density at radius 3 is 2.21 bits per heavy atom. The van der Waals surface area contributed by atoms with Crippen LogP contribution in [-0.4, -0.2) is 46.7 Å². The van der Waals surface area contributed by atoms with Gasteiger partial charge in [0.25, 0.3) is 0 Å². The molecule has 0 amide bonds. The van der Waals surface area contributed by atoms with Crippen LogP contribution in [0, 0.1) is 0 Å². The quantitative estimate of drug-likeness (QED) is 0.493. The summed E-state index contributed by atoms with van der Waals surface area (Å²) < 4.78 is 26.7. The highest BCUT2D eigenvalue weighted by molar-refractivity contribution is 5.83. The number of nitrogens with one attached hydrogen (secondary N) is 1. The smallest absolute Gasteiger partial charge is 0.171 e. The Morgan fingerprint density at radius 1 is 0.793 bits per heavy atom. The van der Waals surface area contributed by atoms with Crippen molar-refractivity contribution < 1.29 is 23.5 Å². The van der Waals surface area contributed by atoms with Crippen LogP contribution in [0.4, 0.5) is 0 Å². The van der Waals surface area contributed by atoms with Crippen LogP contribution < -0.4 is 24.3 Å². The normalized spacial score (nSPS) is 10.9. The first kappa shape index (κ1) is 20.8. The molecule has 0 bridgehead atoms. The van der Waals surface area contributed by atoms with Crippen LogP contribution in [0.5, 0.6) is 23.0 Å². The predicted octanol–water partition coefficient (Wildman–Crippen LogP) is 3.63. The third-order valence-electron chi connectivity index (χ3n) is 4.86. The van der Waals surface area contributed by atoms with Crippen molar-refractivity contribution in [1.82, 2.24) is 10.5 Å². The van der Waals surface area contributed by atoms with Crippen LogP contribution in [0.15, 0.2) is 34.9 Å². The third-order valence-corrected chi connectivity index (χ3v) is 4.86. The first-order valence-corrected chi connectivity index (χ1v) is 9.62. The molecule has 7 nitrogen and oxygen atoms in total. The number of nitrogens with zero attached hydrogens (tertiary/aromatic N) is 1. The minimum atomic E-state index is 0.638. The van der Waals surface area contributed by atoms with Crippen molar-refractivity contribution in [2.45, 2.75) is 19.3 Å². The first-order chi connectivity index (χ1) is 14.2. The maximum Gasteiger partial charge on any atom is 0.171 e. The summed E-state index contributed by atoms with van der Waals surface area (Å²) in [6, 6.07) is 9.75. The van der Waals surface area contributed by atoms with Gasteiger partial charge in [-0.05, 0) is 56.1 Å². The molecule has 0 radical (unpaired) electrons. The molecule has 1 N–H and O–H groups in total. The average molecular weight is 400 g/mol. The van der Waals surface area contributed by atoms with E-state index in [1.54, 1.807) is 28.4 Å². The molecule has 0 saturated heterocycles. The van der Waals surface area contributed by atoms with Crippen molar-refractivity contribution in [1.29, 1.82) is 0 Å². The second-order valence-corrected chi connectivity index (χ2v) is 6.63. The SMILES string of the molecule is COc1ccc(CCNCCCc2noc3cc(OC)c(OC)cc23)cc1OC. The number of methoxy groups -OCH3 is 4. The van der Waals surface area contributed by atoms with E-state index in [2.05, 4.69) is 16.5 Å². The molecule has 0 aliphatic carbocycles. The molecule has 0 aliphatic rings. The summed E-state index contributed by atoms with van der Waals surface area (Å²) in [6.07, 6.45) is 2.71. The van der Waals surface area contributed by atoms with E-state index in [1.807, 2.05) is 24.3 Å². The third kappa shape index (κ3) is 4.92. The average Bonchev–Trinajstić information content (AvgIpc) is 3.16. The van der Waals surface area contributed by atoms with Gasteiger partial charge in [0.1, 0.15) is 0 Å². The molecule has 0 saturated carbocycles. The monoisotopic (exact) mass is 400 g/mol. The molecule has 1 aromatic heterocycles. The van der Waals surface area contributed by atoms with E-state index in [0.29, 0.717) is 17.1 Å². The van der Waals surface area contributed by atoms with E-state index < -0.39 is 0 Å². The Hall–Kier alpha value is -2.93. The summed E-state index contributed by atoms with van der Waals surface area (Å²) in [5.41, 5.74) is 2.85. The molecule has 0 spiro atoms. The van der Waals surface area contributed by atoms with Crippen molar-refractivity contribution in [3.63, 3.8) is 0 Å². The Morgan fingerprint density at radius 2 is 1.48 bits per heavy atom. The van der Waals surface area contributed by atoms with Crippen LogP contribution in [0.3, 0.4) is 0 Å². The zero-order valence-corrected chi connectivity index (χ0v) is 17.4. The van der Waals surface area contributed by atoms with Gasteiger partial charge in [-0.3, -0.25) is 0 Å². The molecule has 0 fully saturated rings. The van der Waals surface area contributed by atoms with Crippen molar-refractivity contribution >= 4 is 11.0 Å². The Balaban J connectivity index is 1.47. The highest BCUT2D eigenvalue weighted by Crippen LogP contribution is 2.33. The summed E-state index contributed by atoms with van der Waals surface area (Å²) in [6.45, 7) is 1.79. The van der Waals surface area contributed by atoms with Crippen molar-refractivity contribution in [3.8, 4) is 23.0 Å². The van der Waals surface area contributed by atoms with Crippen molar-refractivity contribution in [3.05, 3.63) is 41.6 Å². The molecule has 156 valence electrons. The zero-order valence-electron chi connectivity index (χ0n) is 17.4. The van der Waals surface area contributed by atoms with Crippen LogP contribution >= 0.6 is 0 Å². The Kier molecular flexibility index (Phi) is 7.19. The maximum atomic E-state index is 5.44. The van der Waals surface area contributed by atoms with E-state index in [9.17, 15) is 0 Å². The summed E-state index contributed by atoms with van der Waals surface area (Å²) in [4.78, 5) is 0. The lowest BCUT2D eigenvalue weighted by atomic mass is 10.1. The molecule has 2 aromatic carbocycles. The fourth-order valence-corrected chi connectivity index (χ4v) is 3.27. The number of hydrogen-bond acceptors (Lipinski definition) is 7. The summed E-state index contributed by atoms with van der Waals surface area (Å²) in [5.74, 6) is 2.82. The van der Waals surface area contributed by atoms with Gasteiger partial charge in [0.05, 0.1) is 34.1 Å². The van der Waals surface area contributed by atoms with Gasteiger partial charge in [0.2, 0.25) is 0 Å².